The molecule has 2 aromatic carbocycles. The molecule has 5 nitrogen and oxygen atoms in total. The quantitative estimate of drug-likeness (QED) is 0.330. The van der Waals surface area contributed by atoms with Crippen molar-refractivity contribution in [3.8, 4) is 5.75 Å². The summed E-state index contributed by atoms with van der Waals surface area (Å²) in [7, 11) is 0. The Bertz CT molecular complexity index is 913. The second-order valence-electron chi connectivity index (χ2n) is 6.26. The zero-order valence-electron chi connectivity index (χ0n) is 15.5. The van der Waals surface area contributed by atoms with Crippen LogP contribution in [0, 0.1) is 4.77 Å². The van der Waals surface area contributed by atoms with Crippen molar-refractivity contribution in [2.75, 3.05) is 6.61 Å². The van der Waals surface area contributed by atoms with Crippen molar-refractivity contribution in [1.29, 1.82) is 0 Å². The average molecular weight is 381 g/mol. The second-order valence-corrected chi connectivity index (χ2v) is 6.64. The van der Waals surface area contributed by atoms with Crippen molar-refractivity contribution in [2.24, 2.45) is 5.10 Å². The maximum Gasteiger partial charge on any atom is 0.216 e. The molecule has 0 fully saturated rings. The smallest absolute Gasteiger partial charge is 0.216 e. The minimum Gasteiger partial charge on any atom is -0.494 e. The van der Waals surface area contributed by atoms with Gasteiger partial charge in [0, 0.05) is 6.42 Å². The number of rotatable bonds is 9. The summed E-state index contributed by atoms with van der Waals surface area (Å²) in [6, 6.07) is 18.2. The highest BCUT2D eigenvalue weighted by molar-refractivity contribution is 7.71. The molecule has 0 atom stereocenters. The molecule has 27 heavy (non-hydrogen) atoms. The zero-order valence-corrected chi connectivity index (χ0v) is 16.3. The number of ether oxygens (including phenoxy) is 1. The summed E-state index contributed by atoms with van der Waals surface area (Å²) in [4.78, 5) is 0. The number of H-pyrrole nitrogens is 1. The summed E-state index contributed by atoms with van der Waals surface area (Å²) in [5, 5.41) is 11.6. The van der Waals surface area contributed by atoms with Crippen LogP contribution in [0.15, 0.2) is 59.7 Å². The zero-order chi connectivity index (χ0) is 18.9. The lowest BCUT2D eigenvalue weighted by molar-refractivity contribution is 0.309. The Hall–Kier alpha value is -2.73. The number of nitrogens with one attached hydrogen (secondary N) is 1. The van der Waals surface area contributed by atoms with Gasteiger partial charge >= 0.3 is 0 Å². The number of unbranched alkanes of at least 4 members (excludes halogenated alkanes) is 1. The lowest BCUT2D eigenvalue weighted by atomic mass is 10.1. The van der Waals surface area contributed by atoms with E-state index in [2.05, 4.69) is 34.4 Å². The van der Waals surface area contributed by atoms with Crippen LogP contribution in [0.1, 0.15) is 36.7 Å². The van der Waals surface area contributed by atoms with Crippen molar-refractivity contribution in [1.82, 2.24) is 14.9 Å². The molecule has 0 radical (unpaired) electrons. The lowest BCUT2D eigenvalue weighted by Gasteiger charge is -2.05. The summed E-state index contributed by atoms with van der Waals surface area (Å²) < 4.78 is 7.86. The molecule has 0 aliphatic rings. The van der Waals surface area contributed by atoms with E-state index >= 15 is 0 Å². The largest absolute Gasteiger partial charge is 0.494 e. The lowest BCUT2D eigenvalue weighted by Crippen LogP contribution is -2.01. The number of aryl methyl sites for hydroxylation is 2. The summed E-state index contributed by atoms with van der Waals surface area (Å²) in [5.41, 5.74) is 2.25. The van der Waals surface area contributed by atoms with Crippen LogP contribution in [-0.4, -0.2) is 27.7 Å². The third-order valence-electron chi connectivity index (χ3n) is 4.17. The Kier molecular flexibility index (Phi) is 6.93. The molecule has 1 heterocycles. The first-order valence-corrected chi connectivity index (χ1v) is 9.64. The standard InChI is InChI=1S/C21H24N4OS/c1-2-3-15-26-19-12-9-18(10-13-19)16-22-25-20(23-24-21(25)27)14-11-17-7-5-4-6-8-17/h4-10,12-13,16H,2-3,11,14-15H2,1H3,(H,24,27)/b22-16-. The third kappa shape index (κ3) is 5.62. The molecule has 140 valence electrons. The monoisotopic (exact) mass is 380 g/mol. The molecule has 0 spiro atoms. The number of hydrogen-bond donors (Lipinski definition) is 1. The van der Waals surface area contributed by atoms with Gasteiger partial charge in [0.25, 0.3) is 0 Å². The maximum absolute atomic E-state index is 5.68. The van der Waals surface area contributed by atoms with Gasteiger partial charge < -0.3 is 4.74 Å². The van der Waals surface area contributed by atoms with E-state index < -0.39 is 0 Å². The molecule has 3 aromatic rings. The van der Waals surface area contributed by atoms with Crippen molar-refractivity contribution in [3.05, 3.63) is 76.3 Å². The first-order valence-electron chi connectivity index (χ1n) is 9.23. The molecule has 0 unspecified atom stereocenters. The molecule has 0 aliphatic heterocycles. The van der Waals surface area contributed by atoms with E-state index in [1.807, 2.05) is 42.5 Å². The maximum atomic E-state index is 5.68. The first-order chi connectivity index (χ1) is 13.3. The van der Waals surface area contributed by atoms with Gasteiger partial charge in [0.2, 0.25) is 4.77 Å². The first kappa shape index (κ1) is 19.0. The van der Waals surface area contributed by atoms with Gasteiger partial charge in [-0.2, -0.15) is 14.9 Å². The second kappa shape index (κ2) is 9.83. The number of hydrogen-bond acceptors (Lipinski definition) is 4. The molecule has 1 aromatic heterocycles. The van der Waals surface area contributed by atoms with E-state index in [1.165, 1.54) is 5.56 Å². The Morgan fingerprint density at radius 3 is 2.63 bits per heavy atom. The van der Waals surface area contributed by atoms with Gasteiger partial charge in [0.15, 0.2) is 5.82 Å². The summed E-state index contributed by atoms with van der Waals surface area (Å²) in [5.74, 6) is 1.70. The average Bonchev–Trinajstić information content (AvgIpc) is 3.06. The van der Waals surface area contributed by atoms with Crippen molar-refractivity contribution >= 4 is 18.4 Å². The van der Waals surface area contributed by atoms with E-state index in [9.17, 15) is 0 Å². The fraction of sp³-hybridized carbons (Fsp3) is 0.286. The topological polar surface area (TPSA) is 55.2 Å². The van der Waals surface area contributed by atoms with Crippen LogP contribution in [0.3, 0.4) is 0 Å². The summed E-state index contributed by atoms with van der Waals surface area (Å²) in [6.07, 6.45) is 5.63. The Morgan fingerprint density at radius 2 is 1.89 bits per heavy atom. The molecular weight excluding hydrogens is 356 g/mol. The Labute approximate surface area is 164 Å². The molecule has 0 bridgehead atoms. The molecule has 6 heteroatoms. The van der Waals surface area contributed by atoms with Crippen LogP contribution in [0.5, 0.6) is 5.75 Å². The normalized spacial score (nSPS) is 11.1. The van der Waals surface area contributed by atoms with Crippen LogP contribution in [0.25, 0.3) is 0 Å². The van der Waals surface area contributed by atoms with Gasteiger partial charge in [-0.25, -0.2) is 0 Å². The number of benzene rings is 2. The fourth-order valence-electron chi connectivity index (χ4n) is 2.61. The predicted molar refractivity (Wildman–Crippen MR) is 111 cm³/mol. The molecule has 0 amide bonds. The van der Waals surface area contributed by atoms with Gasteiger partial charge in [0.1, 0.15) is 5.75 Å². The highest BCUT2D eigenvalue weighted by Crippen LogP contribution is 2.12. The summed E-state index contributed by atoms with van der Waals surface area (Å²) in [6.45, 7) is 2.90. The highest BCUT2D eigenvalue weighted by Gasteiger charge is 2.05. The van der Waals surface area contributed by atoms with Gasteiger partial charge in [0.05, 0.1) is 12.8 Å². The molecule has 1 N–H and O–H groups in total. The van der Waals surface area contributed by atoms with Crippen molar-refractivity contribution < 1.29 is 4.74 Å². The van der Waals surface area contributed by atoms with Gasteiger partial charge in [-0.15, -0.1) is 0 Å². The number of aromatic amines is 1. The van der Waals surface area contributed by atoms with Gasteiger partial charge in [-0.05, 0) is 60.5 Å². The molecule has 0 saturated carbocycles. The number of nitrogens with zero attached hydrogens (tertiary/aromatic N) is 3. The molecule has 3 rings (SSSR count). The Balaban J connectivity index is 1.64. The third-order valence-corrected chi connectivity index (χ3v) is 4.43. The summed E-state index contributed by atoms with van der Waals surface area (Å²) >= 11 is 5.31. The van der Waals surface area contributed by atoms with Gasteiger partial charge in [-0.1, -0.05) is 43.7 Å². The van der Waals surface area contributed by atoms with Crippen LogP contribution in [0.2, 0.25) is 0 Å². The van der Waals surface area contributed by atoms with Crippen LogP contribution in [-0.2, 0) is 12.8 Å². The fourth-order valence-corrected chi connectivity index (χ4v) is 2.81. The minimum absolute atomic E-state index is 0.494. The predicted octanol–water partition coefficient (Wildman–Crippen LogP) is 4.79. The minimum atomic E-state index is 0.494. The van der Waals surface area contributed by atoms with E-state index in [-0.39, 0.29) is 0 Å². The van der Waals surface area contributed by atoms with Crippen molar-refractivity contribution in [2.45, 2.75) is 32.6 Å². The van der Waals surface area contributed by atoms with Gasteiger partial charge in [-0.3, -0.25) is 5.10 Å². The van der Waals surface area contributed by atoms with E-state index in [0.717, 1.165) is 49.4 Å². The Morgan fingerprint density at radius 1 is 1.11 bits per heavy atom. The van der Waals surface area contributed by atoms with E-state index in [1.54, 1.807) is 10.9 Å². The van der Waals surface area contributed by atoms with E-state index in [4.69, 9.17) is 17.0 Å². The molecule has 0 saturated heterocycles. The van der Waals surface area contributed by atoms with Crippen molar-refractivity contribution in [3.63, 3.8) is 0 Å². The highest BCUT2D eigenvalue weighted by atomic mass is 32.1. The molecular formula is C21H24N4OS. The number of aromatic nitrogens is 3. The molecule has 0 aliphatic carbocycles. The van der Waals surface area contributed by atoms with Crippen LogP contribution in [0.4, 0.5) is 0 Å². The van der Waals surface area contributed by atoms with E-state index in [0.29, 0.717) is 4.77 Å². The van der Waals surface area contributed by atoms with Crippen LogP contribution >= 0.6 is 12.2 Å². The SMILES string of the molecule is CCCCOc1ccc(/C=N\n2c(CCc3ccccc3)n[nH]c2=S)cc1. The van der Waals surface area contributed by atoms with Crippen LogP contribution < -0.4 is 4.74 Å².